The molecular weight excluding hydrogens is 216 g/mol. The Hall–Kier alpha value is -1.13. The molecule has 0 amide bonds. The lowest BCUT2D eigenvalue weighted by molar-refractivity contribution is -0.0135. The fraction of sp³-hybridized carbons (Fsp3) is 0.615. The van der Waals surface area contributed by atoms with Crippen molar-refractivity contribution < 1.29 is 9.84 Å². The summed E-state index contributed by atoms with van der Waals surface area (Å²) in [4.78, 5) is 6.74. The molecule has 1 aliphatic rings. The summed E-state index contributed by atoms with van der Waals surface area (Å²) in [5, 5.41) is 9.80. The Morgan fingerprint density at radius 1 is 1.53 bits per heavy atom. The van der Waals surface area contributed by atoms with Gasteiger partial charge in [-0.25, -0.2) is 0 Å². The highest BCUT2D eigenvalue weighted by Gasteiger charge is 2.22. The highest BCUT2D eigenvalue weighted by atomic mass is 16.5. The second-order valence-electron chi connectivity index (χ2n) is 4.53. The molecule has 0 bridgehead atoms. The average Bonchev–Trinajstić information content (AvgIpc) is 2.34. The Morgan fingerprint density at radius 2 is 2.35 bits per heavy atom. The van der Waals surface area contributed by atoms with Crippen molar-refractivity contribution in [2.24, 2.45) is 0 Å². The summed E-state index contributed by atoms with van der Waals surface area (Å²) in [5.41, 5.74) is 1.71. The van der Waals surface area contributed by atoms with E-state index in [9.17, 15) is 5.11 Å². The Balaban J connectivity index is 2.10. The topological polar surface area (TPSA) is 45.6 Å². The minimum Gasteiger partial charge on any atom is -0.506 e. The molecule has 17 heavy (non-hydrogen) atoms. The van der Waals surface area contributed by atoms with Crippen LogP contribution in [0.4, 0.5) is 0 Å². The maximum atomic E-state index is 9.80. The standard InChI is InChI=1S/C13H20N2O2/c1-3-11-9-17-7-6-15(11)8-12-13(16)5-4-10(2)14-12/h4-5,11,16H,3,6-9H2,1-2H3. The third-order valence-electron chi connectivity index (χ3n) is 3.26. The molecule has 1 aromatic rings. The van der Waals surface area contributed by atoms with Gasteiger partial charge in [-0.3, -0.25) is 9.88 Å². The third-order valence-corrected chi connectivity index (χ3v) is 3.26. The SMILES string of the molecule is CCC1COCCN1Cc1nc(C)ccc1O. The first kappa shape index (κ1) is 12.3. The number of rotatable bonds is 3. The van der Waals surface area contributed by atoms with E-state index in [1.165, 1.54) is 0 Å². The Bertz CT molecular complexity index is 382. The van der Waals surface area contributed by atoms with Gasteiger partial charge in [0.2, 0.25) is 0 Å². The summed E-state index contributed by atoms with van der Waals surface area (Å²) in [6, 6.07) is 3.99. The smallest absolute Gasteiger partial charge is 0.138 e. The van der Waals surface area contributed by atoms with Crippen molar-refractivity contribution in [3.63, 3.8) is 0 Å². The van der Waals surface area contributed by atoms with Crippen molar-refractivity contribution >= 4 is 0 Å². The summed E-state index contributed by atoms with van der Waals surface area (Å²) in [5.74, 6) is 0.289. The maximum Gasteiger partial charge on any atom is 0.138 e. The number of hydrogen-bond donors (Lipinski definition) is 1. The van der Waals surface area contributed by atoms with E-state index < -0.39 is 0 Å². The molecule has 0 aliphatic carbocycles. The average molecular weight is 236 g/mol. The number of ether oxygens (including phenoxy) is 1. The number of aromatic hydroxyl groups is 1. The second-order valence-corrected chi connectivity index (χ2v) is 4.53. The molecule has 94 valence electrons. The Morgan fingerprint density at radius 3 is 3.12 bits per heavy atom. The molecule has 1 unspecified atom stereocenters. The molecule has 1 aromatic heterocycles. The molecule has 0 saturated carbocycles. The quantitative estimate of drug-likeness (QED) is 0.867. The highest BCUT2D eigenvalue weighted by Crippen LogP contribution is 2.20. The maximum absolute atomic E-state index is 9.80. The van der Waals surface area contributed by atoms with Gasteiger partial charge in [0.15, 0.2) is 0 Å². The lowest BCUT2D eigenvalue weighted by atomic mass is 10.1. The van der Waals surface area contributed by atoms with E-state index in [2.05, 4.69) is 16.8 Å². The zero-order valence-corrected chi connectivity index (χ0v) is 10.5. The first-order chi connectivity index (χ1) is 8.20. The van der Waals surface area contributed by atoms with E-state index >= 15 is 0 Å². The number of aromatic nitrogens is 1. The van der Waals surface area contributed by atoms with Crippen LogP contribution < -0.4 is 0 Å². The van der Waals surface area contributed by atoms with Crippen LogP contribution in [-0.2, 0) is 11.3 Å². The first-order valence-corrected chi connectivity index (χ1v) is 6.18. The van der Waals surface area contributed by atoms with Crippen LogP contribution >= 0.6 is 0 Å². The van der Waals surface area contributed by atoms with E-state index in [1.54, 1.807) is 6.07 Å². The van der Waals surface area contributed by atoms with Crippen molar-refractivity contribution in [1.29, 1.82) is 0 Å². The molecule has 0 spiro atoms. The van der Waals surface area contributed by atoms with E-state index in [0.717, 1.165) is 37.6 Å². The summed E-state index contributed by atoms with van der Waals surface area (Å²) < 4.78 is 5.47. The third kappa shape index (κ3) is 2.96. The minimum absolute atomic E-state index is 0.289. The molecule has 0 aromatic carbocycles. The van der Waals surface area contributed by atoms with Crippen LogP contribution in [0.2, 0.25) is 0 Å². The molecule has 2 heterocycles. The molecule has 2 rings (SSSR count). The van der Waals surface area contributed by atoms with Gasteiger partial charge < -0.3 is 9.84 Å². The van der Waals surface area contributed by atoms with Crippen molar-refractivity contribution in [3.8, 4) is 5.75 Å². The molecule has 1 fully saturated rings. The number of morpholine rings is 1. The van der Waals surface area contributed by atoms with Crippen LogP contribution in [-0.4, -0.2) is 40.8 Å². The highest BCUT2D eigenvalue weighted by molar-refractivity contribution is 5.27. The normalized spacial score (nSPS) is 21.6. The molecule has 1 atom stereocenters. The van der Waals surface area contributed by atoms with Gasteiger partial charge in [-0.1, -0.05) is 6.92 Å². The molecule has 4 heteroatoms. The van der Waals surface area contributed by atoms with E-state index in [1.807, 2.05) is 13.0 Å². The Labute approximate surface area is 102 Å². The molecule has 1 saturated heterocycles. The predicted molar refractivity (Wildman–Crippen MR) is 65.9 cm³/mol. The largest absolute Gasteiger partial charge is 0.506 e. The van der Waals surface area contributed by atoms with E-state index in [-0.39, 0.29) is 5.75 Å². The van der Waals surface area contributed by atoms with Gasteiger partial charge in [0.05, 0.1) is 18.9 Å². The van der Waals surface area contributed by atoms with E-state index in [0.29, 0.717) is 12.6 Å². The van der Waals surface area contributed by atoms with Gasteiger partial charge >= 0.3 is 0 Å². The van der Waals surface area contributed by atoms with Gasteiger partial charge in [0.25, 0.3) is 0 Å². The van der Waals surface area contributed by atoms with Crippen LogP contribution in [0, 0.1) is 6.92 Å². The molecule has 4 nitrogen and oxygen atoms in total. The van der Waals surface area contributed by atoms with Crippen LogP contribution in [0.25, 0.3) is 0 Å². The summed E-state index contributed by atoms with van der Waals surface area (Å²) in [6.45, 7) is 7.27. The van der Waals surface area contributed by atoms with Crippen molar-refractivity contribution in [2.45, 2.75) is 32.9 Å². The van der Waals surface area contributed by atoms with Gasteiger partial charge in [0.1, 0.15) is 5.75 Å². The van der Waals surface area contributed by atoms with Crippen LogP contribution in [0.15, 0.2) is 12.1 Å². The fourth-order valence-corrected chi connectivity index (χ4v) is 2.19. The molecule has 1 N–H and O–H groups in total. The monoisotopic (exact) mass is 236 g/mol. The fourth-order valence-electron chi connectivity index (χ4n) is 2.19. The van der Waals surface area contributed by atoms with Gasteiger partial charge in [-0.05, 0) is 25.5 Å². The number of hydrogen-bond acceptors (Lipinski definition) is 4. The van der Waals surface area contributed by atoms with Gasteiger partial charge in [0, 0.05) is 24.8 Å². The summed E-state index contributed by atoms with van der Waals surface area (Å²) in [7, 11) is 0. The second kappa shape index (κ2) is 5.47. The first-order valence-electron chi connectivity index (χ1n) is 6.18. The van der Waals surface area contributed by atoms with Crippen LogP contribution in [0.1, 0.15) is 24.7 Å². The minimum atomic E-state index is 0.289. The van der Waals surface area contributed by atoms with Crippen LogP contribution in [0.3, 0.4) is 0 Å². The van der Waals surface area contributed by atoms with Gasteiger partial charge in [-0.2, -0.15) is 0 Å². The molecule has 0 radical (unpaired) electrons. The molecule has 1 aliphatic heterocycles. The lowest BCUT2D eigenvalue weighted by Crippen LogP contribution is -2.44. The zero-order valence-electron chi connectivity index (χ0n) is 10.5. The van der Waals surface area contributed by atoms with Crippen molar-refractivity contribution in [2.75, 3.05) is 19.8 Å². The van der Waals surface area contributed by atoms with Gasteiger partial charge in [-0.15, -0.1) is 0 Å². The number of nitrogens with zero attached hydrogens (tertiary/aromatic N) is 2. The lowest BCUT2D eigenvalue weighted by Gasteiger charge is -2.34. The zero-order chi connectivity index (χ0) is 12.3. The summed E-state index contributed by atoms with van der Waals surface area (Å²) in [6.07, 6.45) is 1.06. The van der Waals surface area contributed by atoms with Crippen LogP contribution in [0.5, 0.6) is 5.75 Å². The Kier molecular flexibility index (Phi) is 3.97. The number of aryl methyl sites for hydroxylation is 1. The predicted octanol–water partition coefficient (Wildman–Crippen LogP) is 1.71. The number of pyridine rings is 1. The van der Waals surface area contributed by atoms with E-state index in [4.69, 9.17) is 4.74 Å². The summed E-state index contributed by atoms with van der Waals surface area (Å²) >= 11 is 0. The van der Waals surface area contributed by atoms with Crippen molar-refractivity contribution in [1.82, 2.24) is 9.88 Å². The van der Waals surface area contributed by atoms with Crippen molar-refractivity contribution in [3.05, 3.63) is 23.5 Å². The molecular formula is C13H20N2O2.